The van der Waals surface area contributed by atoms with Gasteiger partial charge in [0.15, 0.2) is 17.3 Å². The molecule has 0 saturated heterocycles. The number of aromatic hydroxyl groups is 1. The van der Waals surface area contributed by atoms with Crippen LogP contribution in [0.1, 0.15) is 18.4 Å². The fraction of sp³-hybridized carbons (Fsp3) is 0.471. The van der Waals surface area contributed by atoms with Gasteiger partial charge in [0.2, 0.25) is 5.75 Å². The Morgan fingerprint density at radius 2 is 1.73 bits per heavy atom. The third-order valence-corrected chi connectivity index (χ3v) is 3.22. The Labute approximate surface area is 132 Å². The average Bonchev–Trinajstić information content (AvgIpc) is 2.44. The van der Waals surface area contributed by atoms with Gasteiger partial charge in [0.1, 0.15) is 0 Å². The van der Waals surface area contributed by atoms with Crippen LogP contribution in [-0.4, -0.2) is 57.3 Å². The van der Waals surface area contributed by atoms with Crippen molar-refractivity contribution in [2.24, 2.45) is 0 Å². The van der Waals surface area contributed by atoms with Gasteiger partial charge < -0.3 is 19.1 Å². The smallest absolute Gasteiger partial charge is 0.200 e. The summed E-state index contributed by atoms with van der Waals surface area (Å²) in [5.74, 6) is 0.670. The van der Waals surface area contributed by atoms with Crippen molar-refractivity contribution in [1.29, 1.82) is 0 Å². The summed E-state index contributed by atoms with van der Waals surface area (Å²) in [4.78, 5) is 11.9. The number of phenols is 1. The first-order valence-electron chi connectivity index (χ1n) is 7.23. The van der Waals surface area contributed by atoms with Gasteiger partial charge in [0, 0.05) is 12.8 Å². The Hall–Kier alpha value is -2.01. The molecule has 0 aromatic heterocycles. The number of hydrogen-bond donors (Lipinski definition) is 1. The third kappa shape index (κ3) is 5.77. The molecule has 0 radical (unpaired) electrons. The van der Waals surface area contributed by atoms with Crippen LogP contribution in [-0.2, 0) is 4.79 Å². The van der Waals surface area contributed by atoms with E-state index in [-0.39, 0.29) is 11.5 Å². The summed E-state index contributed by atoms with van der Waals surface area (Å²) in [6.07, 6.45) is 4.65. The van der Waals surface area contributed by atoms with E-state index in [1.807, 2.05) is 0 Å². The number of allylic oxidation sites excluding steroid dienone is 1. The number of methoxy groups -OCH3 is 2. The molecular formula is C17H26NO4+. The van der Waals surface area contributed by atoms with Crippen LogP contribution in [0.2, 0.25) is 0 Å². The Morgan fingerprint density at radius 3 is 2.18 bits per heavy atom. The summed E-state index contributed by atoms with van der Waals surface area (Å²) in [6, 6.07) is 3.32. The molecule has 0 heterocycles. The van der Waals surface area contributed by atoms with Crippen molar-refractivity contribution in [2.75, 3.05) is 41.9 Å². The van der Waals surface area contributed by atoms with Gasteiger partial charge in [-0.2, -0.15) is 0 Å². The second-order valence-corrected chi connectivity index (χ2v) is 6.19. The van der Waals surface area contributed by atoms with Crippen LogP contribution in [0.25, 0.3) is 6.08 Å². The maximum atomic E-state index is 11.9. The summed E-state index contributed by atoms with van der Waals surface area (Å²) >= 11 is 0. The van der Waals surface area contributed by atoms with Gasteiger partial charge in [-0.25, -0.2) is 0 Å². The lowest BCUT2D eigenvalue weighted by Gasteiger charge is -2.23. The number of ketones is 1. The van der Waals surface area contributed by atoms with Gasteiger partial charge in [0.25, 0.3) is 0 Å². The minimum Gasteiger partial charge on any atom is -0.502 e. The second kappa shape index (κ2) is 7.84. The van der Waals surface area contributed by atoms with Crippen molar-refractivity contribution in [3.05, 3.63) is 23.8 Å². The monoisotopic (exact) mass is 308 g/mol. The molecule has 0 bridgehead atoms. The zero-order valence-corrected chi connectivity index (χ0v) is 14.0. The number of nitrogens with zero attached hydrogens (tertiary/aromatic N) is 1. The summed E-state index contributed by atoms with van der Waals surface area (Å²) in [6.45, 7) is 0.959. The number of carbonyl (C=O) groups is 1. The van der Waals surface area contributed by atoms with Crippen molar-refractivity contribution in [3.63, 3.8) is 0 Å². The maximum Gasteiger partial charge on any atom is 0.200 e. The quantitative estimate of drug-likeness (QED) is 0.592. The minimum absolute atomic E-state index is 0.0450. The lowest BCUT2D eigenvalue weighted by atomic mass is 10.1. The van der Waals surface area contributed by atoms with E-state index in [9.17, 15) is 9.90 Å². The number of phenolic OH excluding ortho intramolecular Hbond substituents is 1. The Kier molecular flexibility index (Phi) is 6.43. The zero-order chi connectivity index (χ0) is 16.8. The number of ether oxygens (including phenoxy) is 2. The van der Waals surface area contributed by atoms with Gasteiger partial charge in [-0.3, -0.25) is 4.79 Å². The van der Waals surface area contributed by atoms with Crippen molar-refractivity contribution in [3.8, 4) is 17.2 Å². The predicted octanol–water partition coefficient (Wildman–Crippen LogP) is 2.48. The van der Waals surface area contributed by atoms with E-state index < -0.39 is 0 Å². The summed E-state index contributed by atoms with van der Waals surface area (Å²) in [5, 5.41) is 9.84. The molecule has 0 unspecified atom stereocenters. The molecule has 1 aromatic carbocycles. The summed E-state index contributed by atoms with van der Waals surface area (Å²) in [7, 11) is 9.26. The largest absolute Gasteiger partial charge is 0.502 e. The van der Waals surface area contributed by atoms with E-state index in [1.165, 1.54) is 14.2 Å². The van der Waals surface area contributed by atoms with E-state index in [0.717, 1.165) is 23.0 Å². The van der Waals surface area contributed by atoms with Gasteiger partial charge in [-0.15, -0.1) is 0 Å². The van der Waals surface area contributed by atoms with Gasteiger partial charge in [-0.1, -0.05) is 6.08 Å². The number of carbonyl (C=O) groups excluding carboxylic acids is 1. The first-order valence-corrected chi connectivity index (χ1v) is 7.23. The molecule has 5 heteroatoms. The van der Waals surface area contributed by atoms with Crippen LogP contribution in [0.15, 0.2) is 18.2 Å². The summed E-state index contributed by atoms with van der Waals surface area (Å²) in [5.41, 5.74) is 0.742. The topological polar surface area (TPSA) is 55.8 Å². The molecule has 1 rings (SSSR count). The molecule has 0 fully saturated rings. The SMILES string of the molecule is COc1cc(/C=C/C(=O)CCC[N+](C)(C)C)cc(OC)c1O. The molecule has 22 heavy (non-hydrogen) atoms. The fourth-order valence-corrected chi connectivity index (χ4v) is 2.01. The highest BCUT2D eigenvalue weighted by molar-refractivity contribution is 5.93. The summed E-state index contributed by atoms with van der Waals surface area (Å²) < 4.78 is 11.0. The number of quaternary nitrogens is 1. The maximum absolute atomic E-state index is 11.9. The third-order valence-electron chi connectivity index (χ3n) is 3.22. The van der Waals surface area contributed by atoms with Gasteiger partial charge in [0.05, 0.1) is 41.9 Å². The van der Waals surface area contributed by atoms with Crippen LogP contribution >= 0.6 is 0 Å². The molecular weight excluding hydrogens is 282 g/mol. The Bertz CT molecular complexity index is 519. The lowest BCUT2D eigenvalue weighted by molar-refractivity contribution is -0.870. The van der Waals surface area contributed by atoms with E-state index >= 15 is 0 Å². The van der Waals surface area contributed by atoms with Gasteiger partial charge >= 0.3 is 0 Å². The first-order chi connectivity index (χ1) is 10.3. The molecule has 0 aliphatic rings. The lowest BCUT2D eigenvalue weighted by Crippen LogP contribution is -2.35. The predicted molar refractivity (Wildman–Crippen MR) is 87.4 cm³/mol. The number of rotatable bonds is 8. The first kappa shape index (κ1) is 18.0. The molecule has 122 valence electrons. The number of hydrogen-bond acceptors (Lipinski definition) is 4. The van der Waals surface area contributed by atoms with Crippen molar-refractivity contribution in [1.82, 2.24) is 0 Å². The van der Waals surface area contributed by atoms with Crippen molar-refractivity contribution in [2.45, 2.75) is 12.8 Å². The fourth-order valence-electron chi connectivity index (χ4n) is 2.01. The van der Waals surface area contributed by atoms with Crippen LogP contribution < -0.4 is 9.47 Å². The van der Waals surface area contributed by atoms with Crippen molar-refractivity contribution >= 4 is 11.9 Å². The van der Waals surface area contributed by atoms with E-state index in [1.54, 1.807) is 24.3 Å². The molecule has 0 spiro atoms. The van der Waals surface area contributed by atoms with Crippen LogP contribution in [0.5, 0.6) is 17.2 Å². The highest BCUT2D eigenvalue weighted by atomic mass is 16.5. The van der Waals surface area contributed by atoms with Gasteiger partial charge in [-0.05, 0) is 23.8 Å². The molecule has 1 N–H and O–H groups in total. The molecule has 5 nitrogen and oxygen atoms in total. The molecule has 0 atom stereocenters. The highest BCUT2D eigenvalue weighted by Gasteiger charge is 2.10. The van der Waals surface area contributed by atoms with Crippen LogP contribution in [0, 0.1) is 0 Å². The molecule has 0 amide bonds. The highest BCUT2D eigenvalue weighted by Crippen LogP contribution is 2.37. The molecule has 1 aromatic rings. The minimum atomic E-state index is -0.0450. The molecule has 0 saturated carbocycles. The van der Waals surface area contributed by atoms with E-state index in [2.05, 4.69) is 21.1 Å². The Balaban J connectivity index is 2.71. The average molecular weight is 308 g/mol. The van der Waals surface area contributed by atoms with E-state index in [4.69, 9.17) is 9.47 Å². The van der Waals surface area contributed by atoms with Crippen LogP contribution in [0.4, 0.5) is 0 Å². The standard InChI is InChI=1S/C17H25NO4/c1-18(2,3)10-6-7-14(19)9-8-13-11-15(21-4)17(20)16(12-13)22-5/h8-9,11-12H,6-7,10H2,1-5H3/p+1. The molecule has 0 aliphatic carbocycles. The number of benzene rings is 1. The zero-order valence-electron chi connectivity index (χ0n) is 14.0. The van der Waals surface area contributed by atoms with E-state index in [0.29, 0.717) is 17.9 Å². The Morgan fingerprint density at radius 1 is 1.18 bits per heavy atom. The normalized spacial score (nSPS) is 11.7. The second-order valence-electron chi connectivity index (χ2n) is 6.19. The van der Waals surface area contributed by atoms with Crippen LogP contribution in [0.3, 0.4) is 0 Å². The molecule has 0 aliphatic heterocycles. The van der Waals surface area contributed by atoms with Crippen molar-refractivity contribution < 1.29 is 23.9 Å².